The summed E-state index contributed by atoms with van der Waals surface area (Å²) in [6.45, 7) is 0. The molecule has 0 radical (unpaired) electrons. The molecule has 1 unspecified atom stereocenters. The number of aromatic nitrogens is 2. The van der Waals surface area contributed by atoms with Gasteiger partial charge in [0.05, 0.1) is 11.7 Å². The van der Waals surface area contributed by atoms with Crippen LogP contribution in [0.4, 0.5) is 0 Å². The topological polar surface area (TPSA) is 57.8 Å². The Balaban J connectivity index is 1.48. The van der Waals surface area contributed by atoms with E-state index in [4.69, 9.17) is 4.98 Å². The van der Waals surface area contributed by atoms with Crippen LogP contribution in [0.25, 0.3) is 22.2 Å². The molecule has 2 N–H and O–H groups in total. The molecule has 1 atom stereocenters. The second kappa shape index (κ2) is 8.58. The molecule has 0 aliphatic heterocycles. The van der Waals surface area contributed by atoms with Crippen molar-refractivity contribution in [3.8, 4) is 11.3 Å². The summed E-state index contributed by atoms with van der Waals surface area (Å²) >= 11 is 1.58. The van der Waals surface area contributed by atoms with Crippen molar-refractivity contribution in [1.29, 1.82) is 0 Å². The van der Waals surface area contributed by atoms with E-state index in [-0.39, 0.29) is 11.9 Å². The third kappa shape index (κ3) is 4.13. The van der Waals surface area contributed by atoms with Crippen LogP contribution in [0.1, 0.15) is 27.0 Å². The van der Waals surface area contributed by atoms with Crippen LogP contribution >= 0.6 is 11.3 Å². The first kappa shape index (κ1) is 19.3. The predicted octanol–water partition coefficient (Wildman–Crippen LogP) is 6.01. The number of carbonyl (C=O) groups excluding carboxylic acids is 1. The van der Waals surface area contributed by atoms with Crippen LogP contribution in [0.15, 0.2) is 96.5 Å². The van der Waals surface area contributed by atoms with Crippen LogP contribution in [-0.4, -0.2) is 15.9 Å². The van der Waals surface area contributed by atoms with Gasteiger partial charge in [-0.05, 0) is 23.8 Å². The van der Waals surface area contributed by atoms with Crippen molar-refractivity contribution in [2.75, 3.05) is 0 Å². The van der Waals surface area contributed by atoms with Crippen molar-refractivity contribution >= 4 is 28.1 Å². The number of fused-ring (bicyclic) bond motifs is 1. The van der Waals surface area contributed by atoms with Gasteiger partial charge in [0.2, 0.25) is 0 Å². The van der Waals surface area contributed by atoms with Gasteiger partial charge in [0.15, 0.2) is 0 Å². The monoisotopic (exact) mass is 423 g/mol. The minimum Gasteiger partial charge on any atom is -0.361 e. The maximum Gasteiger partial charge on any atom is 0.251 e. The molecule has 4 nitrogen and oxygen atoms in total. The fourth-order valence-corrected chi connectivity index (χ4v) is 4.62. The summed E-state index contributed by atoms with van der Waals surface area (Å²) in [5, 5.41) is 7.33. The molecule has 0 bridgehead atoms. The van der Waals surface area contributed by atoms with Crippen LogP contribution < -0.4 is 5.32 Å². The van der Waals surface area contributed by atoms with Crippen LogP contribution in [0.2, 0.25) is 0 Å². The Bertz CT molecular complexity index is 1310. The molecule has 5 heteroatoms. The van der Waals surface area contributed by atoms with Crippen molar-refractivity contribution in [3.63, 3.8) is 0 Å². The highest BCUT2D eigenvalue weighted by Gasteiger charge is 2.21. The quantitative estimate of drug-likeness (QED) is 0.352. The number of hydrogen-bond donors (Lipinski definition) is 2. The van der Waals surface area contributed by atoms with E-state index >= 15 is 0 Å². The summed E-state index contributed by atoms with van der Waals surface area (Å²) in [6.07, 6.45) is 2.68. The summed E-state index contributed by atoms with van der Waals surface area (Å²) in [5.41, 5.74) is 4.90. The highest BCUT2D eigenvalue weighted by molar-refractivity contribution is 7.10. The number of aromatic amines is 1. The third-order valence-electron chi connectivity index (χ3n) is 5.33. The first-order chi connectivity index (χ1) is 15.3. The lowest BCUT2D eigenvalue weighted by Crippen LogP contribution is -2.29. The Morgan fingerprint density at radius 2 is 1.65 bits per heavy atom. The number of rotatable bonds is 6. The van der Waals surface area contributed by atoms with Crippen LogP contribution in [0.5, 0.6) is 0 Å². The van der Waals surface area contributed by atoms with E-state index in [9.17, 15) is 4.79 Å². The van der Waals surface area contributed by atoms with Crippen LogP contribution in [0.3, 0.4) is 0 Å². The van der Waals surface area contributed by atoms with E-state index in [0.717, 1.165) is 27.3 Å². The molecule has 1 amide bonds. The summed E-state index contributed by atoms with van der Waals surface area (Å²) in [4.78, 5) is 21.2. The predicted molar refractivity (Wildman–Crippen MR) is 126 cm³/mol. The first-order valence-corrected chi connectivity index (χ1v) is 11.1. The van der Waals surface area contributed by atoms with E-state index in [1.165, 1.54) is 5.39 Å². The van der Waals surface area contributed by atoms with Gasteiger partial charge >= 0.3 is 0 Å². The minimum atomic E-state index is -0.227. The Labute approximate surface area is 184 Å². The molecule has 0 aliphatic rings. The third-order valence-corrected chi connectivity index (χ3v) is 6.29. The number of para-hydroxylation sites is 1. The van der Waals surface area contributed by atoms with Crippen molar-refractivity contribution in [2.24, 2.45) is 0 Å². The average Bonchev–Trinajstić information content (AvgIpc) is 3.48. The number of nitrogens with one attached hydrogen (secondary N) is 2. The van der Waals surface area contributed by atoms with E-state index in [0.29, 0.717) is 12.0 Å². The second-order valence-electron chi connectivity index (χ2n) is 7.39. The summed E-state index contributed by atoms with van der Waals surface area (Å²) < 4.78 is 0. The van der Waals surface area contributed by atoms with E-state index in [1.807, 2.05) is 66.9 Å². The molecule has 5 aromatic rings. The molecule has 0 saturated heterocycles. The fraction of sp³-hybridized carbons (Fsp3) is 0.0769. The van der Waals surface area contributed by atoms with Crippen LogP contribution in [-0.2, 0) is 6.42 Å². The zero-order chi connectivity index (χ0) is 21.0. The van der Waals surface area contributed by atoms with Gasteiger partial charge in [0.1, 0.15) is 5.01 Å². The highest BCUT2D eigenvalue weighted by Crippen LogP contribution is 2.29. The normalized spacial score (nSPS) is 12.0. The van der Waals surface area contributed by atoms with Gasteiger partial charge in [-0.25, -0.2) is 4.98 Å². The number of thiazole rings is 1. The Morgan fingerprint density at radius 1 is 0.935 bits per heavy atom. The molecule has 2 aromatic heterocycles. The lowest BCUT2D eigenvalue weighted by atomic mass is 10.0. The van der Waals surface area contributed by atoms with Gasteiger partial charge in [-0.15, -0.1) is 11.3 Å². The lowest BCUT2D eigenvalue weighted by molar-refractivity contribution is 0.0936. The minimum absolute atomic E-state index is 0.0955. The van der Waals surface area contributed by atoms with E-state index in [1.54, 1.807) is 11.3 Å². The van der Waals surface area contributed by atoms with Gasteiger partial charge in [-0.1, -0.05) is 66.7 Å². The van der Waals surface area contributed by atoms with E-state index in [2.05, 4.69) is 39.9 Å². The number of amides is 1. The van der Waals surface area contributed by atoms with Crippen molar-refractivity contribution in [2.45, 2.75) is 12.5 Å². The van der Waals surface area contributed by atoms with Gasteiger partial charge in [0, 0.05) is 40.0 Å². The zero-order valence-corrected chi connectivity index (χ0v) is 17.6. The maximum absolute atomic E-state index is 13.0. The van der Waals surface area contributed by atoms with Gasteiger partial charge in [-0.2, -0.15) is 0 Å². The van der Waals surface area contributed by atoms with Gasteiger partial charge in [0.25, 0.3) is 5.91 Å². The van der Waals surface area contributed by atoms with Crippen molar-refractivity contribution in [3.05, 3.63) is 113 Å². The molecular formula is C26H21N3OS. The van der Waals surface area contributed by atoms with Crippen molar-refractivity contribution in [1.82, 2.24) is 15.3 Å². The average molecular weight is 424 g/mol. The Kier molecular flexibility index (Phi) is 5.33. The first-order valence-electron chi connectivity index (χ1n) is 10.2. The summed E-state index contributed by atoms with van der Waals surface area (Å²) in [5.74, 6) is -0.0955. The smallest absolute Gasteiger partial charge is 0.251 e. The molecule has 0 spiro atoms. The summed E-state index contributed by atoms with van der Waals surface area (Å²) in [7, 11) is 0. The Hall–Kier alpha value is -3.70. The highest BCUT2D eigenvalue weighted by atomic mass is 32.1. The maximum atomic E-state index is 13.0. The molecule has 152 valence electrons. The van der Waals surface area contributed by atoms with Gasteiger partial charge < -0.3 is 10.3 Å². The standard InChI is InChI=1S/C26H21N3OS/c30-25(19-11-5-2-6-12-19)28-23(15-20-16-27-22-14-8-7-13-21(20)22)26-29-24(17-31-26)18-9-3-1-4-10-18/h1-14,16-17,23,27H,15H2,(H,28,30). The number of benzene rings is 3. The van der Waals surface area contributed by atoms with Gasteiger partial charge in [-0.3, -0.25) is 4.79 Å². The van der Waals surface area contributed by atoms with E-state index < -0.39 is 0 Å². The van der Waals surface area contributed by atoms with Crippen LogP contribution in [0, 0.1) is 0 Å². The summed E-state index contributed by atoms with van der Waals surface area (Å²) in [6, 6.07) is 27.4. The number of nitrogens with zero attached hydrogens (tertiary/aromatic N) is 1. The molecule has 0 saturated carbocycles. The van der Waals surface area contributed by atoms with Crippen molar-refractivity contribution < 1.29 is 4.79 Å². The molecule has 2 heterocycles. The fourth-order valence-electron chi connectivity index (χ4n) is 3.74. The lowest BCUT2D eigenvalue weighted by Gasteiger charge is -2.16. The Morgan fingerprint density at radius 3 is 2.45 bits per heavy atom. The molecular weight excluding hydrogens is 402 g/mol. The SMILES string of the molecule is O=C(NC(Cc1c[nH]c2ccccc12)c1nc(-c2ccccc2)cs1)c1ccccc1. The number of hydrogen-bond acceptors (Lipinski definition) is 3. The molecule has 31 heavy (non-hydrogen) atoms. The number of H-pyrrole nitrogens is 1. The second-order valence-corrected chi connectivity index (χ2v) is 8.28. The number of carbonyl (C=O) groups is 1. The largest absolute Gasteiger partial charge is 0.361 e. The zero-order valence-electron chi connectivity index (χ0n) is 16.8. The molecule has 5 rings (SSSR count). The molecule has 3 aromatic carbocycles. The molecule has 0 fully saturated rings. The molecule has 0 aliphatic carbocycles.